The highest BCUT2D eigenvalue weighted by Crippen LogP contribution is 2.20. The zero-order valence-corrected chi connectivity index (χ0v) is 20.1. The van der Waals surface area contributed by atoms with Crippen molar-refractivity contribution in [1.29, 1.82) is 0 Å². The van der Waals surface area contributed by atoms with Gasteiger partial charge in [-0.25, -0.2) is 12.8 Å². The van der Waals surface area contributed by atoms with Gasteiger partial charge in [-0.2, -0.15) is 5.10 Å². The van der Waals surface area contributed by atoms with Gasteiger partial charge in [0.25, 0.3) is 15.9 Å². The highest BCUT2D eigenvalue weighted by Gasteiger charge is 2.19. The van der Waals surface area contributed by atoms with Crippen LogP contribution in [0.3, 0.4) is 0 Å². The Morgan fingerprint density at radius 2 is 1.69 bits per heavy atom. The normalized spacial score (nSPS) is 11.3. The Morgan fingerprint density at radius 1 is 0.971 bits per heavy atom. The van der Waals surface area contributed by atoms with E-state index in [-0.39, 0.29) is 22.7 Å². The summed E-state index contributed by atoms with van der Waals surface area (Å²) in [5.41, 5.74) is 3.78. The van der Waals surface area contributed by atoms with Crippen molar-refractivity contribution in [2.24, 2.45) is 0 Å². The van der Waals surface area contributed by atoms with Gasteiger partial charge in [0.2, 0.25) is 0 Å². The van der Waals surface area contributed by atoms with Gasteiger partial charge in [-0.3, -0.25) is 14.2 Å². The highest BCUT2D eigenvalue weighted by molar-refractivity contribution is 7.92. The van der Waals surface area contributed by atoms with Crippen LogP contribution in [0.2, 0.25) is 0 Å². The summed E-state index contributed by atoms with van der Waals surface area (Å²) in [6, 6.07) is 21.0. The SMILES string of the molecule is Cc1nn(Cc2ccccc2)c(C)c1CNC(=O)c1cccc(S(=O)(=O)Nc2ccccc2F)c1. The maximum atomic E-state index is 13.9. The quantitative estimate of drug-likeness (QED) is 0.381. The lowest BCUT2D eigenvalue weighted by Crippen LogP contribution is -2.24. The van der Waals surface area contributed by atoms with Crippen LogP contribution in [0.4, 0.5) is 10.1 Å². The van der Waals surface area contributed by atoms with Crippen molar-refractivity contribution in [2.75, 3.05) is 4.72 Å². The topological polar surface area (TPSA) is 93.1 Å². The minimum atomic E-state index is -4.08. The molecule has 1 aromatic heterocycles. The average Bonchev–Trinajstić information content (AvgIpc) is 3.11. The molecule has 3 aromatic carbocycles. The molecule has 1 heterocycles. The molecule has 4 rings (SSSR count). The standard InChI is InChI=1S/C26H25FN4O3S/c1-18-23(19(2)31(29-18)17-20-9-4-3-5-10-20)16-28-26(32)21-11-8-12-22(15-21)35(33,34)30-25-14-7-6-13-24(25)27/h3-15,30H,16-17H2,1-2H3,(H,28,32). The zero-order chi connectivity index (χ0) is 25.0. The van der Waals surface area contributed by atoms with Gasteiger partial charge in [-0.15, -0.1) is 0 Å². The van der Waals surface area contributed by atoms with E-state index in [1.165, 1.54) is 42.5 Å². The number of hydrogen-bond acceptors (Lipinski definition) is 4. The van der Waals surface area contributed by atoms with E-state index in [4.69, 9.17) is 0 Å². The van der Waals surface area contributed by atoms with Gasteiger partial charge in [-0.05, 0) is 49.7 Å². The van der Waals surface area contributed by atoms with E-state index >= 15 is 0 Å². The van der Waals surface area contributed by atoms with Crippen molar-refractivity contribution < 1.29 is 17.6 Å². The minimum absolute atomic E-state index is 0.142. The Hall–Kier alpha value is -3.98. The number of hydrogen-bond donors (Lipinski definition) is 2. The number of nitrogens with zero attached hydrogens (tertiary/aromatic N) is 2. The molecule has 9 heteroatoms. The lowest BCUT2D eigenvalue weighted by Gasteiger charge is -2.11. The summed E-state index contributed by atoms with van der Waals surface area (Å²) in [6.45, 7) is 4.70. The Kier molecular flexibility index (Phi) is 6.97. The molecule has 1 amide bonds. The van der Waals surface area contributed by atoms with E-state index in [9.17, 15) is 17.6 Å². The molecule has 180 valence electrons. The van der Waals surface area contributed by atoms with Crippen LogP contribution in [0.25, 0.3) is 0 Å². The molecule has 0 aliphatic heterocycles. The molecule has 0 fully saturated rings. The first kappa shape index (κ1) is 24.2. The number of amides is 1. The number of carbonyl (C=O) groups is 1. The van der Waals surface area contributed by atoms with Crippen molar-refractivity contribution >= 4 is 21.6 Å². The van der Waals surface area contributed by atoms with Gasteiger partial charge < -0.3 is 5.32 Å². The third-order valence-electron chi connectivity index (χ3n) is 5.66. The van der Waals surface area contributed by atoms with Crippen molar-refractivity contribution in [1.82, 2.24) is 15.1 Å². The zero-order valence-electron chi connectivity index (χ0n) is 19.3. The summed E-state index contributed by atoms with van der Waals surface area (Å²) in [6.07, 6.45) is 0. The lowest BCUT2D eigenvalue weighted by molar-refractivity contribution is 0.0950. The maximum absolute atomic E-state index is 13.9. The van der Waals surface area contributed by atoms with E-state index in [0.29, 0.717) is 6.54 Å². The number of aryl methyl sites for hydroxylation is 1. The fourth-order valence-corrected chi connectivity index (χ4v) is 4.84. The predicted molar refractivity (Wildman–Crippen MR) is 132 cm³/mol. The second-order valence-electron chi connectivity index (χ2n) is 8.09. The number of benzene rings is 3. The number of aromatic nitrogens is 2. The maximum Gasteiger partial charge on any atom is 0.262 e. The first-order valence-electron chi connectivity index (χ1n) is 11.0. The molecule has 0 aliphatic carbocycles. The predicted octanol–water partition coefficient (Wildman–Crippen LogP) is 4.42. The van der Waals surface area contributed by atoms with Crippen LogP contribution in [0, 0.1) is 19.7 Å². The molecule has 0 bridgehead atoms. The van der Waals surface area contributed by atoms with Gasteiger partial charge in [0.05, 0.1) is 22.8 Å². The third-order valence-corrected chi connectivity index (χ3v) is 7.02. The van der Waals surface area contributed by atoms with Crippen molar-refractivity contribution in [3.63, 3.8) is 0 Å². The summed E-state index contributed by atoms with van der Waals surface area (Å²) >= 11 is 0. The highest BCUT2D eigenvalue weighted by atomic mass is 32.2. The number of sulfonamides is 1. The molecule has 0 aliphatic rings. The summed E-state index contributed by atoms with van der Waals surface area (Å²) in [4.78, 5) is 12.7. The van der Waals surface area contributed by atoms with Gasteiger partial charge >= 0.3 is 0 Å². The van der Waals surface area contributed by atoms with Crippen LogP contribution >= 0.6 is 0 Å². The molecule has 0 saturated carbocycles. The largest absolute Gasteiger partial charge is 0.348 e. The molecular formula is C26H25FN4O3S. The fourth-order valence-electron chi connectivity index (χ4n) is 3.72. The molecule has 4 aromatic rings. The Morgan fingerprint density at radius 3 is 2.43 bits per heavy atom. The molecule has 0 radical (unpaired) electrons. The first-order valence-corrected chi connectivity index (χ1v) is 12.5. The molecule has 0 atom stereocenters. The number of para-hydroxylation sites is 1. The van der Waals surface area contributed by atoms with Crippen molar-refractivity contribution in [3.05, 3.63) is 113 Å². The van der Waals surface area contributed by atoms with Crippen LogP contribution < -0.4 is 10.0 Å². The average molecular weight is 493 g/mol. The van der Waals surface area contributed by atoms with E-state index in [1.807, 2.05) is 48.9 Å². The summed E-state index contributed by atoms with van der Waals surface area (Å²) in [5.74, 6) is -1.12. The van der Waals surface area contributed by atoms with Crippen molar-refractivity contribution in [3.8, 4) is 0 Å². The number of anilines is 1. The summed E-state index contributed by atoms with van der Waals surface area (Å²) in [7, 11) is -4.08. The van der Waals surface area contributed by atoms with Crippen LogP contribution in [-0.4, -0.2) is 24.1 Å². The summed E-state index contributed by atoms with van der Waals surface area (Å²) in [5, 5.41) is 7.44. The van der Waals surface area contributed by atoms with Gasteiger partial charge in [-0.1, -0.05) is 48.5 Å². The van der Waals surface area contributed by atoms with Crippen LogP contribution in [0.15, 0.2) is 83.8 Å². The minimum Gasteiger partial charge on any atom is -0.348 e. The van der Waals surface area contributed by atoms with E-state index in [2.05, 4.69) is 15.1 Å². The molecular weight excluding hydrogens is 467 g/mol. The molecule has 0 unspecified atom stereocenters. The number of nitrogens with one attached hydrogen (secondary N) is 2. The van der Waals surface area contributed by atoms with Crippen LogP contribution in [0.1, 0.15) is 32.9 Å². The first-order chi connectivity index (χ1) is 16.7. The second kappa shape index (κ2) is 10.1. The Balaban J connectivity index is 1.47. The van der Waals surface area contributed by atoms with E-state index < -0.39 is 21.7 Å². The molecule has 7 nitrogen and oxygen atoms in total. The van der Waals surface area contributed by atoms with Gasteiger partial charge in [0.1, 0.15) is 5.82 Å². The van der Waals surface area contributed by atoms with Gasteiger partial charge in [0.15, 0.2) is 0 Å². The number of halogens is 1. The molecule has 0 saturated heterocycles. The smallest absolute Gasteiger partial charge is 0.262 e. The monoisotopic (exact) mass is 492 g/mol. The van der Waals surface area contributed by atoms with Crippen LogP contribution in [0.5, 0.6) is 0 Å². The van der Waals surface area contributed by atoms with E-state index in [0.717, 1.165) is 28.6 Å². The Bertz CT molecular complexity index is 1470. The summed E-state index contributed by atoms with van der Waals surface area (Å²) < 4.78 is 43.5. The van der Waals surface area contributed by atoms with Crippen molar-refractivity contribution in [2.45, 2.75) is 31.8 Å². The lowest BCUT2D eigenvalue weighted by atomic mass is 10.1. The number of rotatable bonds is 8. The molecule has 2 N–H and O–H groups in total. The molecule has 35 heavy (non-hydrogen) atoms. The van der Waals surface area contributed by atoms with Gasteiger partial charge in [0, 0.05) is 23.4 Å². The Labute approximate surface area is 203 Å². The third kappa shape index (κ3) is 5.58. The van der Waals surface area contributed by atoms with E-state index in [1.54, 1.807) is 0 Å². The fraction of sp³-hybridized carbons (Fsp3) is 0.154. The molecule has 0 spiro atoms. The number of carbonyl (C=O) groups excluding carboxylic acids is 1. The second-order valence-corrected chi connectivity index (χ2v) is 9.77. The van der Waals surface area contributed by atoms with Crippen LogP contribution in [-0.2, 0) is 23.1 Å².